The van der Waals surface area contributed by atoms with Gasteiger partial charge in [0.1, 0.15) is 0 Å². The van der Waals surface area contributed by atoms with Crippen LogP contribution >= 0.6 is 11.6 Å². The van der Waals surface area contributed by atoms with Crippen LogP contribution in [0.15, 0.2) is 18.2 Å². The predicted molar refractivity (Wildman–Crippen MR) is 102 cm³/mol. The first-order valence-electron chi connectivity index (χ1n) is 9.46. The molecule has 2 N–H and O–H groups in total. The third kappa shape index (κ3) is 3.77. The van der Waals surface area contributed by atoms with Gasteiger partial charge in [0, 0.05) is 31.9 Å². The number of likely N-dealkylation sites (tertiary alicyclic amines) is 1. The van der Waals surface area contributed by atoms with Gasteiger partial charge in [0.15, 0.2) is 0 Å². The minimum atomic E-state index is -0.443. The number of piperidine rings is 1. The zero-order valence-corrected chi connectivity index (χ0v) is 15.7. The number of carbonyl (C=O) groups is 1. The number of hydrogen-bond donors (Lipinski definition) is 2. The summed E-state index contributed by atoms with van der Waals surface area (Å²) in [6.07, 6.45) is 3.56. The average molecular weight is 380 g/mol. The molecular formula is C19H26ClN3O3. The van der Waals surface area contributed by atoms with Crippen LogP contribution in [0.3, 0.4) is 0 Å². The molecule has 1 saturated carbocycles. The number of morpholine rings is 1. The second kappa shape index (κ2) is 7.25. The zero-order chi connectivity index (χ0) is 18.1. The van der Waals surface area contributed by atoms with Crippen LogP contribution in [0, 0.1) is 5.92 Å². The van der Waals surface area contributed by atoms with Gasteiger partial charge in [0.2, 0.25) is 0 Å². The molecule has 26 heavy (non-hydrogen) atoms. The summed E-state index contributed by atoms with van der Waals surface area (Å²) in [5, 5.41) is 13.7. The lowest BCUT2D eigenvalue weighted by atomic mass is 9.89. The average Bonchev–Trinajstić information content (AvgIpc) is 3.43. The number of anilines is 2. The van der Waals surface area contributed by atoms with Gasteiger partial charge in [-0.25, -0.2) is 4.79 Å². The van der Waals surface area contributed by atoms with Crippen LogP contribution in [-0.4, -0.2) is 61.0 Å². The molecule has 0 atom stereocenters. The Balaban J connectivity index is 1.34. The summed E-state index contributed by atoms with van der Waals surface area (Å²) < 4.78 is 5.37. The van der Waals surface area contributed by atoms with Crippen molar-refractivity contribution in [3.05, 3.63) is 23.2 Å². The summed E-state index contributed by atoms with van der Waals surface area (Å²) in [5.41, 5.74) is 1.24. The van der Waals surface area contributed by atoms with Gasteiger partial charge in [-0.05, 0) is 49.8 Å². The Kier molecular flexibility index (Phi) is 4.99. The van der Waals surface area contributed by atoms with Crippen molar-refractivity contribution in [3.63, 3.8) is 0 Å². The van der Waals surface area contributed by atoms with Crippen molar-refractivity contribution < 1.29 is 14.6 Å². The highest BCUT2D eigenvalue weighted by Crippen LogP contribution is 2.46. The Labute approximate surface area is 159 Å². The van der Waals surface area contributed by atoms with Crippen molar-refractivity contribution in [2.24, 2.45) is 5.92 Å². The van der Waals surface area contributed by atoms with E-state index in [-0.39, 0.29) is 6.03 Å². The lowest BCUT2D eigenvalue weighted by Crippen LogP contribution is -2.43. The minimum Gasteiger partial charge on any atom is -0.390 e. The summed E-state index contributed by atoms with van der Waals surface area (Å²) in [6, 6.07) is 5.64. The molecule has 2 aliphatic heterocycles. The van der Waals surface area contributed by atoms with Crippen LogP contribution in [0.5, 0.6) is 0 Å². The SMILES string of the molecule is O=C(Nc1ccc(N2CCOCC2)cc1Cl)N1CCC(C2(O)CC2)CC1. The maximum Gasteiger partial charge on any atom is 0.321 e. The molecule has 7 heteroatoms. The zero-order valence-electron chi connectivity index (χ0n) is 14.9. The largest absolute Gasteiger partial charge is 0.390 e. The molecule has 2 amide bonds. The van der Waals surface area contributed by atoms with Gasteiger partial charge in [-0.3, -0.25) is 0 Å². The maximum absolute atomic E-state index is 12.5. The first kappa shape index (κ1) is 17.9. The lowest BCUT2D eigenvalue weighted by Gasteiger charge is -2.34. The fourth-order valence-electron chi connectivity index (χ4n) is 3.97. The van der Waals surface area contributed by atoms with Crippen molar-refractivity contribution in [1.82, 2.24) is 4.90 Å². The topological polar surface area (TPSA) is 65.0 Å². The molecule has 142 valence electrons. The van der Waals surface area contributed by atoms with Gasteiger partial charge in [0.25, 0.3) is 0 Å². The van der Waals surface area contributed by atoms with Crippen molar-refractivity contribution >= 4 is 29.0 Å². The molecule has 0 bridgehead atoms. The molecule has 1 aromatic rings. The number of benzene rings is 1. The van der Waals surface area contributed by atoms with Crippen molar-refractivity contribution in [3.8, 4) is 0 Å². The van der Waals surface area contributed by atoms with Gasteiger partial charge in [-0.2, -0.15) is 0 Å². The van der Waals surface area contributed by atoms with Gasteiger partial charge in [0.05, 0.1) is 29.5 Å². The highest BCUT2D eigenvalue weighted by Gasteiger charge is 2.48. The summed E-state index contributed by atoms with van der Waals surface area (Å²) >= 11 is 6.40. The molecule has 0 spiro atoms. The van der Waals surface area contributed by atoms with E-state index in [4.69, 9.17) is 16.3 Å². The summed E-state index contributed by atoms with van der Waals surface area (Å²) in [5.74, 6) is 0.336. The summed E-state index contributed by atoms with van der Waals surface area (Å²) in [4.78, 5) is 16.6. The molecule has 3 aliphatic rings. The fraction of sp³-hybridized carbons (Fsp3) is 0.632. The van der Waals surface area contributed by atoms with Crippen LogP contribution in [-0.2, 0) is 4.74 Å². The Morgan fingerprint density at radius 2 is 1.88 bits per heavy atom. The molecule has 0 aromatic heterocycles. The van der Waals surface area contributed by atoms with Crippen LogP contribution < -0.4 is 10.2 Å². The molecule has 1 aliphatic carbocycles. The number of amides is 2. The van der Waals surface area contributed by atoms with E-state index in [1.165, 1.54) is 0 Å². The number of urea groups is 1. The smallest absolute Gasteiger partial charge is 0.321 e. The number of hydrogen-bond acceptors (Lipinski definition) is 4. The Morgan fingerprint density at radius 3 is 2.50 bits per heavy atom. The van der Waals surface area contributed by atoms with E-state index in [2.05, 4.69) is 10.2 Å². The predicted octanol–water partition coefficient (Wildman–Crippen LogP) is 2.95. The van der Waals surface area contributed by atoms with Crippen molar-refractivity contribution in [2.45, 2.75) is 31.3 Å². The number of rotatable bonds is 3. The van der Waals surface area contributed by atoms with Crippen LogP contribution in [0.2, 0.25) is 5.02 Å². The number of nitrogens with zero attached hydrogens (tertiary/aromatic N) is 2. The van der Waals surface area contributed by atoms with Crippen molar-refractivity contribution in [2.75, 3.05) is 49.6 Å². The highest BCUT2D eigenvalue weighted by atomic mass is 35.5. The standard InChI is InChI=1S/C19H26ClN3O3/c20-16-13-15(22-9-11-26-12-10-22)1-2-17(16)21-18(24)23-7-3-14(4-8-23)19(25)5-6-19/h1-2,13-14,25H,3-12H2,(H,21,24). The second-order valence-corrected chi connectivity index (χ2v) is 7.97. The number of ether oxygens (including phenoxy) is 1. The third-order valence-corrected chi connectivity index (χ3v) is 6.19. The molecular weight excluding hydrogens is 354 g/mol. The first-order valence-corrected chi connectivity index (χ1v) is 9.83. The molecule has 0 radical (unpaired) electrons. The van der Waals surface area contributed by atoms with E-state index in [9.17, 15) is 9.90 Å². The molecule has 3 fully saturated rings. The number of aliphatic hydroxyl groups is 1. The normalized spacial score (nSPS) is 23.0. The molecule has 2 heterocycles. The van der Waals surface area contributed by atoms with Gasteiger partial charge < -0.3 is 25.0 Å². The Hall–Kier alpha value is -1.50. The highest BCUT2D eigenvalue weighted by molar-refractivity contribution is 6.34. The monoisotopic (exact) mass is 379 g/mol. The van der Waals surface area contributed by atoms with Gasteiger partial charge in [-0.15, -0.1) is 0 Å². The fourth-order valence-corrected chi connectivity index (χ4v) is 4.20. The summed E-state index contributed by atoms with van der Waals surface area (Å²) in [6.45, 7) is 4.51. The van der Waals surface area contributed by atoms with Crippen LogP contribution in [0.4, 0.5) is 16.2 Å². The Morgan fingerprint density at radius 1 is 1.19 bits per heavy atom. The van der Waals surface area contributed by atoms with E-state index in [1.807, 2.05) is 23.1 Å². The lowest BCUT2D eigenvalue weighted by molar-refractivity contribution is 0.0474. The van der Waals surface area contributed by atoms with E-state index in [0.717, 1.165) is 57.7 Å². The molecule has 1 aromatic carbocycles. The minimum absolute atomic E-state index is 0.118. The number of nitrogens with one attached hydrogen (secondary N) is 1. The maximum atomic E-state index is 12.5. The third-order valence-electron chi connectivity index (χ3n) is 5.87. The first-order chi connectivity index (χ1) is 12.5. The number of halogens is 1. The van der Waals surface area contributed by atoms with E-state index >= 15 is 0 Å². The molecule has 0 unspecified atom stereocenters. The van der Waals surface area contributed by atoms with E-state index in [1.54, 1.807) is 0 Å². The summed E-state index contributed by atoms with van der Waals surface area (Å²) in [7, 11) is 0. The number of carbonyl (C=O) groups excluding carboxylic acids is 1. The van der Waals surface area contributed by atoms with E-state index < -0.39 is 5.60 Å². The molecule has 2 saturated heterocycles. The van der Waals surface area contributed by atoms with Crippen molar-refractivity contribution in [1.29, 1.82) is 0 Å². The van der Waals surface area contributed by atoms with E-state index in [0.29, 0.717) is 29.7 Å². The van der Waals surface area contributed by atoms with Crippen LogP contribution in [0.1, 0.15) is 25.7 Å². The van der Waals surface area contributed by atoms with Crippen LogP contribution in [0.25, 0.3) is 0 Å². The second-order valence-electron chi connectivity index (χ2n) is 7.56. The van der Waals surface area contributed by atoms with Gasteiger partial charge in [-0.1, -0.05) is 11.6 Å². The van der Waals surface area contributed by atoms with Gasteiger partial charge >= 0.3 is 6.03 Å². The molecule has 4 rings (SSSR count). The molecule has 6 nitrogen and oxygen atoms in total. The quantitative estimate of drug-likeness (QED) is 0.847. The Bertz CT molecular complexity index is 666.